The first-order valence-electron chi connectivity index (χ1n) is 10.5. The van der Waals surface area contributed by atoms with Gasteiger partial charge < -0.3 is 15.0 Å². The van der Waals surface area contributed by atoms with E-state index < -0.39 is 11.7 Å². The van der Waals surface area contributed by atoms with E-state index in [2.05, 4.69) is 15.2 Å². The highest BCUT2D eigenvalue weighted by Gasteiger charge is 2.30. The van der Waals surface area contributed by atoms with Gasteiger partial charge in [0.05, 0.1) is 24.9 Å². The van der Waals surface area contributed by atoms with Crippen LogP contribution in [0.5, 0.6) is 5.75 Å². The molecule has 10 heteroatoms. The van der Waals surface area contributed by atoms with Crippen LogP contribution in [0.15, 0.2) is 60.9 Å². The Labute approximate surface area is 189 Å². The molecule has 0 unspecified atom stereocenters. The third-order valence-corrected chi connectivity index (χ3v) is 5.47. The highest BCUT2D eigenvalue weighted by molar-refractivity contribution is 5.92. The number of benzene rings is 2. The molecule has 1 aliphatic rings. The first-order valence-corrected chi connectivity index (χ1v) is 10.5. The molecule has 2 aromatic carbocycles. The number of carbonyl (C=O) groups excluding carboxylic acids is 1. The Morgan fingerprint density at radius 2 is 1.82 bits per heavy atom. The van der Waals surface area contributed by atoms with Crippen LogP contribution < -0.4 is 15.0 Å². The predicted octanol–water partition coefficient (Wildman–Crippen LogP) is 3.66. The molecular weight excluding hydrogens is 435 g/mol. The smallest absolute Gasteiger partial charge is 0.416 e. The molecule has 7 nitrogen and oxygen atoms in total. The summed E-state index contributed by atoms with van der Waals surface area (Å²) in [6.45, 7) is 2.86. The second-order valence-corrected chi connectivity index (χ2v) is 7.69. The van der Waals surface area contributed by atoms with Crippen LogP contribution in [0.3, 0.4) is 0 Å². The highest BCUT2D eigenvalue weighted by Crippen LogP contribution is 2.30. The van der Waals surface area contributed by atoms with Crippen LogP contribution in [0.1, 0.15) is 5.56 Å². The molecule has 0 saturated carbocycles. The van der Waals surface area contributed by atoms with Gasteiger partial charge in [-0.15, -0.1) is 0 Å². The summed E-state index contributed by atoms with van der Waals surface area (Å²) in [5.41, 5.74) is 0.538. The monoisotopic (exact) mass is 459 g/mol. The molecule has 1 N–H and O–H groups in total. The lowest BCUT2D eigenvalue weighted by atomic mass is 10.2. The molecule has 0 atom stereocenters. The number of hydrogen-bond acceptors (Lipinski definition) is 5. The van der Waals surface area contributed by atoms with Gasteiger partial charge in [-0.05, 0) is 36.4 Å². The number of hydrogen-bond donors (Lipinski definition) is 1. The predicted molar refractivity (Wildman–Crippen MR) is 119 cm³/mol. The zero-order valence-electron chi connectivity index (χ0n) is 18.0. The van der Waals surface area contributed by atoms with Crippen LogP contribution in [-0.4, -0.2) is 60.2 Å². The minimum absolute atomic E-state index is 0.166. The van der Waals surface area contributed by atoms with Crippen molar-refractivity contribution in [3.63, 3.8) is 0 Å². The molecule has 0 spiro atoms. The average Bonchev–Trinajstić information content (AvgIpc) is 3.29. The van der Waals surface area contributed by atoms with E-state index in [1.54, 1.807) is 13.3 Å². The fourth-order valence-corrected chi connectivity index (χ4v) is 3.74. The average molecular weight is 459 g/mol. The lowest BCUT2D eigenvalue weighted by Crippen LogP contribution is -2.49. The molecule has 1 aliphatic heterocycles. The van der Waals surface area contributed by atoms with E-state index in [0.717, 1.165) is 29.5 Å². The summed E-state index contributed by atoms with van der Waals surface area (Å²) < 4.78 is 45.3. The Balaban J connectivity index is 1.32. The molecule has 0 bridgehead atoms. The number of nitrogens with one attached hydrogen (secondary N) is 1. The number of amides is 1. The lowest BCUT2D eigenvalue weighted by Gasteiger charge is -2.35. The Kier molecular flexibility index (Phi) is 6.55. The molecule has 0 aliphatic carbocycles. The Bertz CT molecular complexity index is 1090. The number of aromatic nitrogens is 2. The zero-order valence-corrected chi connectivity index (χ0v) is 18.0. The molecule has 1 amide bonds. The van der Waals surface area contributed by atoms with Crippen molar-refractivity contribution < 1.29 is 22.7 Å². The number of imidazole rings is 1. The maximum atomic E-state index is 12.7. The second kappa shape index (κ2) is 9.53. The summed E-state index contributed by atoms with van der Waals surface area (Å²) in [7, 11) is 1.63. The Morgan fingerprint density at radius 3 is 2.48 bits per heavy atom. The third kappa shape index (κ3) is 5.46. The van der Waals surface area contributed by atoms with Gasteiger partial charge in [-0.2, -0.15) is 13.2 Å². The van der Waals surface area contributed by atoms with Crippen molar-refractivity contribution in [3.8, 4) is 11.4 Å². The minimum atomic E-state index is -4.40. The molecule has 33 heavy (non-hydrogen) atoms. The molecular formula is C23H24F3N5O2. The molecule has 4 rings (SSSR count). The van der Waals surface area contributed by atoms with Crippen molar-refractivity contribution in [2.24, 2.45) is 0 Å². The number of anilines is 2. The molecule has 0 radical (unpaired) electrons. The zero-order chi connectivity index (χ0) is 23.4. The SMILES string of the molecule is COc1cccc(-n2ccnc2N2CCN(CC(=O)Nc3ccc(C(F)(F)F)cc3)CC2)c1. The van der Waals surface area contributed by atoms with E-state index >= 15 is 0 Å². The van der Waals surface area contributed by atoms with Crippen molar-refractivity contribution >= 4 is 17.5 Å². The summed E-state index contributed by atoms with van der Waals surface area (Å²) in [5.74, 6) is 1.31. The van der Waals surface area contributed by atoms with Crippen molar-refractivity contribution in [3.05, 3.63) is 66.5 Å². The van der Waals surface area contributed by atoms with E-state index in [0.29, 0.717) is 31.9 Å². The normalized spacial score (nSPS) is 14.8. The van der Waals surface area contributed by atoms with E-state index in [1.165, 1.54) is 12.1 Å². The van der Waals surface area contributed by atoms with Gasteiger partial charge in [0.15, 0.2) is 0 Å². The van der Waals surface area contributed by atoms with Gasteiger partial charge in [0.2, 0.25) is 11.9 Å². The number of rotatable bonds is 6. The molecule has 2 heterocycles. The third-order valence-electron chi connectivity index (χ3n) is 5.47. The number of methoxy groups -OCH3 is 1. The van der Waals surface area contributed by atoms with Gasteiger partial charge in [0.25, 0.3) is 0 Å². The van der Waals surface area contributed by atoms with Crippen molar-refractivity contribution in [1.29, 1.82) is 0 Å². The minimum Gasteiger partial charge on any atom is -0.497 e. The van der Waals surface area contributed by atoms with E-state index in [1.807, 2.05) is 39.9 Å². The Morgan fingerprint density at radius 1 is 1.09 bits per heavy atom. The topological polar surface area (TPSA) is 62.6 Å². The maximum Gasteiger partial charge on any atom is 0.416 e. The standard InChI is InChI=1S/C23H24F3N5O2/c1-33-20-4-2-3-19(15-20)31-10-9-27-22(31)30-13-11-29(12-14-30)16-21(32)28-18-7-5-17(6-8-18)23(24,25)26/h2-10,15H,11-14,16H2,1H3,(H,28,32). The number of carbonyl (C=O) groups is 1. The van der Waals surface area contributed by atoms with E-state index in [-0.39, 0.29) is 12.5 Å². The summed E-state index contributed by atoms with van der Waals surface area (Å²) >= 11 is 0. The van der Waals surface area contributed by atoms with Crippen molar-refractivity contribution in [2.75, 3.05) is 50.1 Å². The lowest BCUT2D eigenvalue weighted by molar-refractivity contribution is -0.137. The number of piperazine rings is 1. The molecule has 1 aromatic heterocycles. The van der Waals surface area contributed by atoms with Crippen molar-refractivity contribution in [1.82, 2.24) is 14.5 Å². The van der Waals surface area contributed by atoms with Gasteiger partial charge in [0.1, 0.15) is 5.75 Å². The number of ether oxygens (including phenoxy) is 1. The fraction of sp³-hybridized carbons (Fsp3) is 0.304. The maximum absolute atomic E-state index is 12.7. The van der Waals surface area contributed by atoms with E-state index in [9.17, 15) is 18.0 Å². The van der Waals surface area contributed by atoms with Gasteiger partial charge in [-0.25, -0.2) is 4.98 Å². The summed E-state index contributed by atoms with van der Waals surface area (Å²) in [6, 6.07) is 12.2. The molecule has 3 aromatic rings. The van der Waals surface area contributed by atoms with Gasteiger partial charge >= 0.3 is 6.18 Å². The van der Waals surface area contributed by atoms with Crippen LogP contribution >= 0.6 is 0 Å². The first-order chi connectivity index (χ1) is 15.8. The first kappa shape index (κ1) is 22.7. The summed E-state index contributed by atoms with van der Waals surface area (Å²) in [6.07, 6.45) is -0.754. The van der Waals surface area contributed by atoms with Crippen LogP contribution in [0, 0.1) is 0 Å². The molecule has 1 fully saturated rings. The van der Waals surface area contributed by atoms with Crippen LogP contribution in [0.4, 0.5) is 24.8 Å². The molecule has 174 valence electrons. The van der Waals surface area contributed by atoms with Crippen LogP contribution in [0.25, 0.3) is 5.69 Å². The van der Waals surface area contributed by atoms with Gasteiger partial charge in [-0.3, -0.25) is 14.3 Å². The van der Waals surface area contributed by atoms with Gasteiger partial charge in [-0.1, -0.05) is 6.07 Å². The van der Waals surface area contributed by atoms with Crippen molar-refractivity contribution in [2.45, 2.75) is 6.18 Å². The summed E-state index contributed by atoms with van der Waals surface area (Å²) in [4.78, 5) is 21.0. The number of alkyl halides is 3. The quantitative estimate of drug-likeness (QED) is 0.610. The van der Waals surface area contributed by atoms with E-state index in [4.69, 9.17) is 4.74 Å². The second-order valence-electron chi connectivity index (χ2n) is 7.69. The number of nitrogens with zero attached hydrogens (tertiary/aromatic N) is 4. The van der Waals surface area contributed by atoms with Gasteiger partial charge in [0, 0.05) is 50.3 Å². The Hall–Kier alpha value is -3.53. The molecule has 1 saturated heterocycles. The summed E-state index contributed by atoms with van der Waals surface area (Å²) in [5, 5.41) is 2.66. The van der Waals surface area contributed by atoms with Crippen LogP contribution in [-0.2, 0) is 11.0 Å². The largest absolute Gasteiger partial charge is 0.497 e. The number of halogens is 3. The van der Waals surface area contributed by atoms with Crippen LogP contribution in [0.2, 0.25) is 0 Å². The fourth-order valence-electron chi connectivity index (χ4n) is 3.74. The highest BCUT2D eigenvalue weighted by atomic mass is 19.4.